The maximum absolute atomic E-state index is 12.4. The minimum Gasteiger partial charge on any atom is -0.494 e. The fourth-order valence-electron chi connectivity index (χ4n) is 2.80. The van der Waals surface area contributed by atoms with Gasteiger partial charge in [-0.2, -0.15) is 5.10 Å². The topological polar surface area (TPSA) is 116 Å². The fraction of sp³-hybridized carbons (Fsp3) is 0.333. The van der Waals surface area contributed by atoms with E-state index < -0.39 is 22.5 Å². The van der Waals surface area contributed by atoms with Gasteiger partial charge in [0.05, 0.1) is 46.1 Å². The molecule has 0 aliphatic heterocycles. The van der Waals surface area contributed by atoms with Gasteiger partial charge in [0.25, 0.3) is 5.91 Å². The second-order valence-electron chi connectivity index (χ2n) is 6.45. The number of nitrogens with zero attached hydrogens (tertiary/aromatic N) is 2. The predicted octanol–water partition coefficient (Wildman–Crippen LogP) is 2.03. The van der Waals surface area contributed by atoms with Crippen LogP contribution in [-0.4, -0.2) is 61.3 Å². The van der Waals surface area contributed by atoms with Crippen molar-refractivity contribution in [2.75, 3.05) is 45.0 Å². The molecular weight excluding hydrogens is 438 g/mol. The molecule has 0 aliphatic rings. The fourth-order valence-corrected chi connectivity index (χ4v) is 3.65. The first-order valence-electron chi connectivity index (χ1n) is 9.56. The number of anilines is 1. The minimum atomic E-state index is -3.71. The van der Waals surface area contributed by atoms with E-state index >= 15 is 0 Å². The Kier molecular flexibility index (Phi) is 8.71. The first kappa shape index (κ1) is 24.8. The Bertz CT molecular complexity index is 1030. The van der Waals surface area contributed by atoms with Crippen molar-refractivity contribution in [3.63, 3.8) is 0 Å². The molecule has 0 bridgehead atoms. The summed E-state index contributed by atoms with van der Waals surface area (Å²) in [6.07, 6.45) is 2.40. The highest BCUT2D eigenvalue weighted by Crippen LogP contribution is 2.37. The molecule has 10 nitrogen and oxygen atoms in total. The lowest BCUT2D eigenvalue weighted by molar-refractivity contribution is -0.119. The van der Waals surface area contributed by atoms with Gasteiger partial charge in [-0.1, -0.05) is 0 Å². The van der Waals surface area contributed by atoms with Crippen molar-refractivity contribution in [3.05, 3.63) is 42.0 Å². The number of methoxy groups -OCH3 is 3. The number of sulfonamides is 1. The second kappa shape index (κ2) is 11.2. The number of hydrogen-bond acceptors (Lipinski definition) is 8. The number of carbonyl (C=O) groups is 1. The summed E-state index contributed by atoms with van der Waals surface area (Å²) in [6.45, 7) is 1.89. The minimum absolute atomic E-state index is 0.333. The summed E-state index contributed by atoms with van der Waals surface area (Å²) >= 11 is 0. The van der Waals surface area contributed by atoms with Gasteiger partial charge >= 0.3 is 0 Å². The maximum atomic E-state index is 12.4. The van der Waals surface area contributed by atoms with Gasteiger partial charge in [-0.25, -0.2) is 13.8 Å². The Morgan fingerprint density at radius 1 is 1.06 bits per heavy atom. The molecule has 0 saturated heterocycles. The maximum Gasteiger partial charge on any atom is 0.260 e. The number of hydrogen-bond donors (Lipinski definition) is 1. The van der Waals surface area contributed by atoms with Crippen molar-refractivity contribution < 1.29 is 32.2 Å². The summed E-state index contributed by atoms with van der Waals surface area (Å²) in [4.78, 5) is 12.4. The molecule has 2 aromatic carbocycles. The Balaban J connectivity index is 2.13. The lowest BCUT2D eigenvalue weighted by Gasteiger charge is -2.21. The van der Waals surface area contributed by atoms with E-state index in [1.807, 2.05) is 6.92 Å². The average Bonchev–Trinajstić information content (AvgIpc) is 2.76. The van der Waals surface area contributed by atoms with Crippen LogP contribution in [0.15, 0.2) is 41.5 Å². The van der Waals surface area contributed by atoms with E-state index in [4.69, 9.17) is 18.9 Å². The number of rotatable bonds is 11. The molecule has 2 rings (SSSR count). The average molecular weight is 466 g/mol. The van der Waals surface area contributed by atoms with E-state index in [9.17, 15) is 13.2 Å². The highest BCUT2D eigenvalue weighted by atomic mass is 32.2. The molecule has 1 amide bonds. The number of ether oxygens (including phenoxy) is 4. The molecule has 0 aromatic heterocycles. The van der Waals surface area contributed by atoms with Gasteiger partial charge in [0, 0.05) is 5.56 Å². The Labute approximate surface area is 187 Å². The zero-order chi connectivity index (χ0) is 23.7. The number of benzene rings is 2. The first-order valence-corrected chi connectivity index (χ1v) is 11.4. The van der Waals surface area contributed by atoms with Crippen molar-refractivity contribution in [2.45, 2.75) is 6.92 Å². The molecule has 0 radical (unpaired) electrons. The molecular formula is C21H27N3O7S. The van der Waals surface area contributed by atoms with Crippen LogP contribution in [0.3, 0.4) is 0 Å². The monoisotopic (exact) mass is 465 g/mol. The third kappa shape index (κ3) is 6.51. The Morgan fingerprint density at radius 2 is 1.66 bits per heavy atom. The first-order chi connectivity index (χ1) is 15.2. The zero-order valence-corrected chi connectivity index (χ0v) is 19.4. The van der Waals surface area contributed by atoms with Gasteiger partial charge in [0.2, 0.25) is 15.8 Å². The Hall–Kier alpha value is -3.47. The normalized spacial score (nSPS) is 11.2. The smallest absolute Gasteiger partial charge is 0.260 e. The molecule has 0 unspecified atom stereocenters. The lowest BCUT2D eigenvalue weighted by atomic mass is 10.2. The molecule has 0 atom stereocenters. The molecule has 11 heteroatoms. The van der Waals surface area contributed by atoms with Gasteiger partial charge in [0.15, 0.2) is 11.5 Å². The molecule has 0 fully saturated rings. The summed E-state index contributed by atoms with van der Waals surface area (Å²) in [5.41, 5.74) is 3.23. The summed E-state index contributed by atoms with van der Waals surface area (Å²) < 4.78 is 46.6. The van der Waals surface area contributed by atoms with E-state index in [0.717, 1.165) is 10.6 Å². The number of amides is 1. The largest absolute Gasteiger partial charge is 0.494 e. The van der Waals surface area contributed by atoms with Crippen LogP contribution in [0.2, 0.25) is 0 Å². The second-order valence-corrected chi connectivity index (χ2v) is 8.36. The number of hydrazone groups is 1. The third-order valence-corrected chi connectivity index (χ3v) is 5.35. The highest BCUT2D eigenvalue weighted by molar-refractivity contribution is 7.92. The van der Waals surface area contributed by atoms with Crippen LogP contribution in [0.25, 0.3) is 0 Å². The summed E-state index contributed by atoms with van der Waals surface area (Å²) in [6, 6.07) is 9.71. The molecule has 32 heavy (non-hydrogen) atoms. The summed E-state index contributed by atoms with van der Waals surface area (Å²) in [5.74, 6) is 1.27. The van der Waals surface area contributed by atoms with E-state index in [1.54, 1.807) is 36.4 Å². The van der Waals surface area contributed by atoms with Crippen molar-refractivity contribution in [1.82, 2.24) is 5.43 Å². The summed E-state index contributed by atoms with van der Waals surface area (Å²) in [5, 5.41) is 3.90. The van der Waals surface area contributed by atoms with Crippen molar-refractivity contribution in [3.8, 4) is 23.0 Å². The van der Waals surface area contributed by atoms with Crippen LogP contribution < -0.4 is 28.7 Å². The molecule has 174 valence electrons. The Morgan fingerprint density at radius 3 is 2.12 bits per heavy atom. The number of carbonyl (C=O) groups excluding carboxylic acids is 1. The van der Waals surface area contributed by atoms with Crippen LogP contribution in [0.5, 0.6) is 23.0 Å². The third-order valence-electron chi connectivity index (χ3n) is 4.21. The van der Waals surface area contributed by atoms with E-state index in [1.165, 1.54) is 27.5 Å². The van der Waals surface area contributed by atoms with Gasteiger partial charge in [0.1, 0.15) is 12.3 Å². The standard InChI is InChI=1S/C21H27N3O7S/c1-6-31-17-9-7-16(8-10-17)24(32(5,26)27)14-20(25)23-22-13-15-11-18(28-2)21(30-4)19(12-15)29-3/h7-13H,6,14H2,1-5H3,(H,23,25)/b22-13-. The van der Waals surface area contributed by atoms with Gasteiger partial charge in [-0.15, -0.1) is 0 Å². The highest BCUT2D eigenvalue weighted by Gasteiger charge is 2.21. The van der Waals surface area contributed by atoms with Crippen molar-refractivity contribution in [2.24, 2.45) is 5.10 Å². The van der Waals surface area contributed by atoms with Crippen LogP contribution in [-0.2, 0) is 14.8 Å². The van der Waals surface area contributed by atoms with Gasteiger partial charge in [-0.05, 0) is 43.3 Å². The molecule has 0 heterocycles. The van der Waals surface area contributed by atoms with Crippen LogP contribution in [0.4, 0.5) is 5.69 Å². The van der Waals surface area contributed by atoms with Crippen LogP contribution >= 0.6 is 0 Å². The van der Waals surface area contributed by atoms with Crippen LogP contribution in [0, 0.1) is 0 Å². The predicted molar refractivity (Wildman–Crippen MR) is 122 cm³/mol. The molecule has 1 N–H and O–H groups in total. The van der Waals surface area contributed by atoms with E-state index in [0.29, 0.717) is 40.9 Å². The molecule has 0 spiro atoms. The van der Waals surface area contributed by atoms with Crippen LogP contribution in [0.1, 0.15) is 12.5 Å². The van der Waals surface area contributed by atoms with E-state index in [2.05, 4.69) is 10.5 Å². The molecule has 2 aromatic rings. The van der Waals surface area contributed by atoms with Gasteiger partial charge < -0.3 is 18.9 Å². The number of nitrogens with one attached hydrogen (secondary N) is 1. The van der Waals surface area contributed by atoms with Crippen molar-refractivity contribution >= 4 is 27.8 Å². The lowest BCUT2D eigenvalue weighted by Crippen LogP contribution is -2.39. The van der Waals surface area contributed by atoms with Gasteiger partial charge in [-0.3, -0.25) is 9.10 Å². The zero-order valence-electron chi connectivity index (χ0n) is 18.6. The summed E-state index contributed by atoms with van der Waals surface area (Å²) in [7, 11) is 0.758. The molecule has 0 saturated carbocycles. The quantitative estimate of drug-likeness (QED) is 0.399. The SMILES string of the molecule is CCOc1ccc(N(CC(=O)N/N=C\c2cc(OC)c(OC)c(OC)c2)S(C)(=O)=O)cc1. The van der Waals surface area contributed by atoms with E-state index in [-0.39, 0.29) is 0 Å². The molecule has 0 aliphatic carbocycles. The van der Waals surface area contributed by atoms with Crippen molar-refractivity contribution in [1.29, 1.82) is 0 Å².